The first-order valence-corrected chi connectivity index (χ1v) is 6.97. The number of benzene rings is 1. The van der Waals surface area contributed by atoms with Gasteiger partial charge in [0.05, 0.1) is 0 Å². The van der Waals surface area contributed by atoms with Crippen LogP contribution in [0.5, 0.6) is 5.75 Å². The van der Waals surface area contributed by atoms with E-state index in [9.17, 15) is 0 Å². The Morgan fingerprint density at radius 1 is 1.44 bits per heavy atom. The third kappa shape index (κ3) is 2.39. The van der Waals surface area contributed by atoms with Crippen molar-refractivity contribution in [3.63, 3.8) is 0 Å². The van der Waals surface area contributed by atoms with Gasteiger partial charge in [0.15, 0.2) is 0 Å². The first-order valence-electron chi connectivity index (χ1n) is 6.97. The molecule has 1 aliphatic rings. The summed E-state index contributed by atoms with van der Waals surface area (Å²) in [6, 6.07) is 6.96. The van der Waals surface area contributed by atoms with Crippen molar-refractivity contribution in [2.24, 2.45) is 0 Å². The van der Waals surface area contributed by atoms with Gasteiger partial charge in [-0.3, -0.25) is 0 Å². The van der Waals surface area contributed by atoms with Gasteiger partial charge in [0.2, 0.25) is 0 Å². The van der Waals surface area contributed by atoms with Crippen LogP contribution in [0.25, 0.3) is 0 Å². The minimum Gasteiger partial charge on any atom is -0.487 e. The van der Waals surface area contributed by atoms with Crippen molar-refractivity contribution >= 4 is 0 Å². The largest absolute Gasteiger partial charge is 0.487 e. The van der Waals surface area contributed by atoms with Gasteiger partial charge in [-0.1, -0.05) is 32.0 Å². The Morgan fingerprint density at radius 2 is 2.17 bits per heavy atom. The summed E-state index contributed by atoms with van der Waals surface area (Å²) in [5, 5.41) is 3.42. The number of nitrogens with one attached hydrogen (secondary N) is 1. The average molecular weight is 247 g/mol. The molecule has 0 radical (unpaired) electrons. The molecule has 0 aromatic heterocycles. The Balaban J connectivity index is 2.50. The summed E-state index contributed by atoms with van der Waals surface area (Å²) >= 11 is 0. The molecule has 2 rings (SSSR count). The standard InChI is InChI=1S/C16H25NO/c1-6-11(2)12-8-7-9-13-14(17-5)10-16(3,4)18-15(12)13/h7-9,11,14,17H,6,10H2,1-5H3. The van der Waals surface area contributed by atoms with E-state index in [1.807, 2.05) is 7.05 Å². The molecule has 0 saturated carbocycles. The van der Waals surface area contributed by atoms with E-state index in [1.165, 1.54) is 11.1 Å². The van der Waals surface area contributed by atoms with Crippen molar-refractivity contribution in [1.82, 2.24) is 5.32 Å². The zero-order valence-electron chi connectivity index (χ0n) is 12.2. The van der Waals surface area contributed by atoms with Crippen LogP contribution in [0.2, 0.25) is 0 Å². The van der Waals surface area contributed by atoms with E-state index >= 15 is 0 Å². The van der Waals surface area contributed by atoms with Crippen LogP contribution in [0, 0.1) is 0 Å². The van der Waals surface area contributed by atoms with Crippen LogP contribution in [0.4, 0.5) is 0 Å². The number of ether oxygens (including phenoxy) is 1. The van der Waals surface area contributed by atoms with Crippen molar-refractivity contribution in [3.05, 3.63) is 29.3 Å². The van der Waals surface area contributed by atoms with Crippen LogP contribution in [-0.2, 0) is 0 Å². The van der Waals surface area contributed by atoms with E-state index in [4.69, 9.17) is 4.74 Å². The molecule has 1 aromatic carbocycles. The molecule has 0 saturated heterocycles. The highest BCUT2D eigenvalue weighted by atomic mass is 16.5. The summed E-state index contributed by atoms with van der Waals surface area (Å²) < 4.78 is 6.27. The Labute approximate surface area is 111 Å². The van der Waals surface area contributed by atoms with Gasteiger partial charge in [-0.2, -0.15) is 0 Å². The number of hydrogen-bond donors (Lipinski definition) is 1. The lowest BCUT2D eigenvalue weighted by Gasteiger charge is -2.39. The van der Waals surface area contributed by atoms with Gasteiger partial charge < -0.3 is 10.1 Å². The lowest BCUT2D eigenvalue weighted by Crippen LogP contribution is -2.39. The normalized spacial score (nSPS) is 23.1. The van der Waals surface area contributed by atoms with E-state index < -0.39 is 0 Å². The molecular formula is C16H25NO. The Kier molecular flexibility index (Phi) is 3.67. The van der Waals surface area contributed by atoms with Crippen molar-refractivity contribution in [2.75, 3.05) is 7.05 Å². The van der Waals surface area contributed by atoms with Crippen molar-refractivity contribution in [3.8, 4) is 5.75 Å². The number of rotatable bonds is 3. The SMILES string of the molecule is CCC(C)c1cccc2c1OC(C)(C)CC2NC. The van der Waals surface area contributed by atoms with Crippen LogP contribution in [-0.4, -0.2) is 12.6 Å². The molecule has 1 heterocycles. The fourth-order valence-electron chi connectivity index (χ4n) is 2.75. The van der Waals surface area contributed by atoms with E-state index in [0.717, 1.165) is 18.6 Å². The summed E-state index contributed by atoms with van der Waals surface area (Å²) in [6.45, 7) is 8.85. The molecule has 0 amide bonds. The maximum Gasteiger partial charge on any atom is 0.128 e. The summed E-state index contributed by atoms with van der Waals surface area (Å²) in [5.41, 5.74) is 2.57. The maximum absolute atomic E-state index is 6.27. The average Bonchev–Trinajstić information content (AvgIpc) is 2.35. The van der Waals surface area contributed by atoms with Gasteiger partial charge in [-0.05, 0) is 38.8 Å². The summed E-state index contributed by atoms with van der Waals surface area (Å²) in [5.74, 6) is 1.66. The van der Waals surface area contributed by atoms with Crippen molar-refractivity contribution in [2.45, 2.75) is 58.1 Å². The van der Waals surface area contributed by atoms with E-state index in [1.54, 1.807) is 0 Å². The van der Waals surface area contributed by atoms with Gasteiger partial charge in [0, 0.05) is 18.0 Å². The topological polar surface area (TPSA) is 21.3 Å². The van der Waals surface area contributed by atoms with Crippen molar-refractivity contribution in [1.29, 1.82) is 0 Å². The van der Waals surface area contributed by atoms with Gasteiger partial charge in [0.25, 0.3) is 0 Å². The molecule has 1 aromatic rings. The van der Waals surface area contributed by atoms with Gasteiger partial charge in [-0.25, -0.2) is 0 Å². The third-order valence-electron chi connectivity index (χ3n) is 4.02. The molecule has 2 unspecified atom stereocenters. The fourth-order valence-corrected chi connectivity index (χ4v) is 2.75. The van der Waals surface area contributed by atoms with Gasteiger partial charge in [-0.15, -0.1) is 0 Å². The van der Waals surface area contributed by atoms with Gasteiger partial charge >= 0.3 is 0 Å². The van der Waals surface area contributed by atoms with Crippen LogP contribution >= 0.6 is 0 Å². The minimum absolute atomic E-state index is 0.0930. The minimum atomic E-state index is -0.0930. The van der Waals surface area contributed by atoms with E-state index in [2.05, 4.69) is 51.2 Å². The molecule has 0 fully saturated rings. The summed E-state index contributed by atoms with van der Waals surface area (Å²) in [4.78, 5) is 0. The first-order chi connectivity index (χ1) is 8.48. The summed E-state index contributed by atoms with van der Waals surface area (Å²) in [7, 11) is 2.03. The second kappa shape index (κ2) is 4.93. The lowest BCUT2D eigenvalue weighted by atomic mass is 9.86. The number of hydrogen-bond acceptors (Lipinski definition) is 2. The quantitative estimate of drug-likeness (QED) is 0.871. The second-order valence-corrected chi connectivity index (χ2v) is 5.98. The van der Waals surface area contributed by atoms with Gasteiger partial charge in [0.1, 0.15) is 11.4 Å². The zero-order chi connectivity index (χ0) is 13.3. The monoisotopic (exact) mass is 247 g/mol. The molecule has 18 heavy (non-hydrogen) atoms. The molecule has 0 spiro atoms. The fraction of sp³-hybridized carbons (Fsp3) is 0.625. The molecule has 0 bridgehead atoms. The Bertz CT molecular complexity index is 411. The molecule has 100 valence electrons. The van der Waals surface area contributed by atoms with Crippen LogP contribution in [0.15, 0.2) is 18.2 Å². The molecular weight excluding hydrogens is 222 g/mol. The lowest BCUT2D eigenvalue weighted by molar-refractivity contribution is 0.0658. The van der Waals surface area contributed by atoms with E-state index in [-0.39, 0.29) is 5.60 Å². The first kappa shape index (κ1) is 13.4. The molecule has 1 N–H and O–H groups in total. The number of para-hydroxylation sites is 1. The van der Waals surface area contributed by atoms with Crippen molar-refractivity contribution < 1.29 is 4.74 Å². The van der Waals surface area contributed by atoms with Crippen LogP contribution < -0.4 is 10.1 Å². The highest BCUT2D eigenvalue weighted by molar-refractivity contribution is 5.47. The third-order valence-corrected chi connectivity index (χ3v) is 4.02. The Hall–Kier alpha value is -1.02. The predicted octanol–water partition coefficient (Wildman–Crippen LogP) is 4.02. The molecule has 2 heteroatoms. The predicted molar refractivity (Wildman–Crippen MR) is 76.3 cm³/mol. The summed E-state index contributed by atoms with van der Waals surface area (Å²) in [6.07, 6.45) is 2.16. The smallest absolute Gasteiger partial charge is 0.128 e. The van der Waals surface area contributed by atoms with E-state index in [0.29, 0.717) is 12.0 Å². The number of fused-ring (bicyclic) bond motifs is 1. The van der Waals surface area contributed by atoms with Crippen LogP contribution in [0.1, 0.15) is 63.6 Å². The highest BCUT2D eigenvalue weighted by Crippen LogP contribution is 2.43. The molecule has 1 aliphatic heterocycles. The molecule has 2 atom stereocenters. The maximum atomic E-state index is 6.27. The molecule has 0 aliphatic carbocycles. The zero-order valence-corrected chi connectivity index (χ0v) is 12.2. The second-order valence-electron chi connectivity index (χ2n) is 5.98. The Morgan fingerprint density at radius 3 is 2.78 bits per heavy atom. The highest BCUT2D eigenvalue weighted by Gasteiger charge is 2.34. The molecule has 2 nitrogen and oxygen atoms in total. The van der Waals surface area contributed by atoms with Crippen LogP contribution in [0.3, 0.4) is 0 Å².